The van der Waals surface area contributed by atoms with Crippen LogP contribution in [-0.2, 0) is 6.42 Å². The number of rotatable bonds is 6. The Morgan fingerprint density at radius 1 is 1.25 bits per heavy atom. The van der Waals surface area contributed by atoms with E-state index < -0.39 is 0 Å². The molecule has 0 fully saturated rings. The highest BCUT2D eigenvalue weighted by atomic mass is 79.9. The Hall–Kier alpha value is -1.64. The lowest BCUT2D eigenvalue weighted by molar-refractivity contribution is 0.102. The number of carbonyl (C=O) groups excluding carboxylic acids is 1. The number of hydrogen-bond acceptors (Lipinski definition) is 6. The fraction of sp³-hybridized carbons (Fsp3) is 0.188. The molecule has 3 aromatic rings. The van der Waals surface area contributed by atoms with Gasteiger partial charge in [-0.3, -0.25) is 10.1 Å². The summed E-state index contributed by atoms with van der Waals surface area (Å²) < 4.78 is 6.39. The van der Waals surface area contributed by atoms with Crippen molar-refractivity contribution >= 4 is 51.0 Å². The molecule has 2 aromatic heterocycles. The van der Waals surface area contributed by atoms with Crippen molar-refractivity contribution in [2.24, 2.45) is 0 Å². The van der Waals surface area contributed by atoms with Crippen molar-refractivity contribution in [1.29, 1.82) is 0 Å². The Bertz CT molecular complexity index is 830. The minimum atomic E-state index is -0.262. The first-order chi connectivity index (χ1) is 11.6. The number of thioether (sulfide) groups is 1. The van der Waals surface area contributed by atoms with Gasteiger partial charge in [-0.1, -0.05) is 24.2 Å². The Kier molecular flexibility index (Phi) is 5.70. The molecule has 1 N–H and O–H groups in total. The van der Waals surface area contributed by atoms with Crippen LogP contribution in [0.2, 0.25) is 0 Å². The minimum absolute atomic E-state index is 0.109. The van der Waals surface area contributed by atoms with Gasteiger partial charge in [-0.15, -0.1) is 28.2 Å². The van der Waals surface area contributed by atoms with Crippen molar-refractivity contribution in [3.8, 4) is 0 Å². The van der Waals surface area contributed by atoms with Crippen molar-refractivity contribution in [3.05, 3.63) is 56.5 Å². The average Bonchev–Trinajstić information content (AvgIpc) is 3.19. The van der Waals surface area contributed by atoms with Crippen molar-refractivity contribution in [1.82, 2.24) is 10.2 Å². The smallest absolute Gasteiger partial charge is 0.322 e. The highest BCUT2D eigenvalue weighted by molar-refractivity contribution is 9.11. The third-order valence-electron chi connectivity index (χ3n) is 3.07. The Labute approximate surface area is 156 Å². The van der Waals surface area contributed by atoms with Crippen LogP contribution < -0.4 is 5.32 Å². The van der Waals surface area contributed by atoms with Gasteiger partial charge in [0, 0.05) is 4.90 Å². The SMILES string of the molecule is CCSc1ccc(Cc2nnc(NC(=O)c3ccc(Br)s3)o2)cc1. The lowest BCUT2D eigenvalue weighted by Crippen LogP contribution is -2.10. The molecule has 124 valence electrons. The number of halogens is 1. The Morgan fingerprint density at radius 3 is 2.71 bits per heavy atom. The molecule has 0 aliphatic heterocycles. The molecule has 24 heavy (non-hydrogen) atoms. The first kappa shape index (κ1) is 17.2. The first-order valence-corrected chi connectivity index (χ1v) is 9.84. The maximum absolute atomic E-state index is 12.0. The lowest BCUT2D eigenvalue weighted by Gasteiger charge is -2.00. The van der Waals surface area contributed by atoms with E-state index in [1.807, 2.05) is 18.2 Å². The van der Waals surface area contributed by atoms with E-state index in [1.165, 1.54) is 16.2 Å². The molecular weight excluding hydrogens is 410 g/mol. The number of benzene rings is 1. The van der Waals surface area contributed by atoms with Gasteiger partial charge in [0.15, 0.2) is 0 Å². The van der Waals surface area contributed by atoms with Crippen LogP contribution in [0.15, 0.2) is 49.5 Å². The van der Waals surface area contributed by atoms with Crippen molar-refractivity contribution in [2.45, 2.75) is 18.2 Å². The lowest BCUT2D eigenvalue weighted by atomic mass is 10.1. The number of thiophene rings is 1. The number of hydrogen-bond donors (Lipinski definition) is 1. The molecule has 0 saturated heterocycles. The fourth-order valence-corrected chi connectivity index (χ4v) is 3.96. The van der Waals surface area contributed by atoms with E-state index in [4.69, 9.17) is 4.42 Å². The molecule has 1 aromatic carbocycles. The van der Waals surface area contributed by atoms with Gasteiger partial charge in [0.2, 0.25) is 5.89 Å². The highest BCUT2D eigenvalue weighted by Gasteiger charge is 2.13. The summed E-state index contributed by atoms with van der Waals surface area (Å²) in [5.41, 5.74) is 1.08. The second kappa shape index (κ2) is 7.96. The van der Waals surface area contributed by atoms with E-state index in [0.29, 0.717) is 17.2 Å². The summed E-state index contributed by atoms with van der Waals surface area (Å²) in [6, 6.07) is 11.9. The zero-order valence-electron chi connectivity index (χ0n) is 12.8. The summed E-state index contributed by atoms with van der Waals surface area (Å²) in [5.74, 6) is 1.25. The zero-order chi connectivity index (χ0) is 16.9. The van der Waals surface area contributed by atoms with Gasteiger partial charge in [-0.25, -0.2) is 0 Å². The predicted molar refractivity (Wildman–Crippen MR) is 99.9 cm³/mol. The van der Waals surface area contributed by atoms with Crippen LogP contribution in [0.1, 0.15) is 28.0 Å². The van der Waals surface area contributed by atoms with E-state index in [2.05, 4.69) is 50.5 Å². The van der Waals surface area contributed by atoms with Gasteiger partial charge in [0.1, 0.15) is 0 Å². The maximum atomic E-state index is 12.0. The van der Waals surface area contributed by atoms with Crippen LogP contribution >= 0.6 is 39.0 Å². The molecule has 2 heterocycles. The molecule has 0 radical (unpaired) electrons. The quantitative estimate of drug-likeness (QED) is 0.573. The van der Waals surface area contributed by atoms with Gasteiger partial charge in [0.05, 0.1) is 15.1 Å². The molecular formula is C16H14BrN3O2S2. The molecule has 8 heteroatoms. The monoisotopic (exact) mass is 423 g/mol. The Morgan fingerprint density at radius 2 is 2.04 bits per heavy atom. The molecule has 0 bridgehead atoms. The normalized spacial score (nSPS) is 10.8. The summed E-state index contributed by atoms with van der Waals surface area (Å²) in [6.07, 6.45) is 0.532. The molecule has 0 unspecified atom stereocenters. The predicted octanol–water partition coefficient (Wildman–Crippen LogP) is 4.85. The molecule has 0 aliphatic rings. The van der Waals surface area contributed by atoms with E-state index in [9.17, 15) is 4.79 Å². The highest BCUT2D eigenvalue weighted by Crippen LogP contribution is 2.23. The average molecular weight is 424 g/mol. The third-order valence-corrected chi connectivity index (χ3v) is 5.59. The Balaban J connectivity index is 1.61. The molecule has 5 nitrogen and oxygen atoms in total. The number of carbonyl (C=O) groups is 1. The summed E-state index contributed by atoms with van der Waals surface area (Å²) in [4.78, 5) is 13.9. The standard InChI is InChI=1S/C16H14BrN3O2S2/c1-2-23-11-5-3-10(4-6-11)9-14-19-20-16(22-14)18-15(21)12-7-8-13(17)24-12/h3-8H,2,9H2,1H3,(H,18,20,21). The fourth-order valence-electron chi connectivity index (χ4n) is 2.02. The third kappa shape index (κ3) is 4.46. The van der Waals surface area contributed by atoms with E-state index >= 15 is 0 Å². The molecule has 0 atom stereocenters. The molecule has 1 amide bonds. The molecule has 3 rings (SSSR count). The van der Waals surface area contributed by atoms with Gasteiger partial charge < -0.3 is 4.42 Å². The van der Waals surface area contributed by atoms with Crippen molar-refractivity contribution < 1.29 is 9.21 Å². The van der Waals surface area contributed by atoms with Gasteiger partial charge in [-0.2, -0.15) is 0 Å². The second-order valence-corrected chi connectivity index (χ2v) is 8.61. The number of nitrogens with zero attached hydrogens (tertiary/aromatic N) is 2. The van der Waals surface area contributed by atoms with Crippen LogP contribution in [0.25, 0.3) is 0 Å². The zero-order valence-corrected chi connectivity index (χ0v) is 16.0. The van der Waals surface area contributed by atoms with E-state index in [1.54, 1.807) is 17.8 Å². The number of anilines is 1. The maximum Gasteiger partial charge on any atom is 0.322 e. The summed E-state index contributed by atoms with van der Waals surface area (Å²) >= 11 is 6.47. The molecule has 0 saturated carbocycles. The van der Waals surface area contributed by atoms with E-state index in [0.717, 1.165) is 15.1 Å². The van der Waals surface area contributed by atoms with Crippen molar-refractivity contribution in [3.63, 3.8) is 0 Å². The van der Waals surface area contributed by atoms with Crippen LogP contribution in [-0.4, -0.2) is 21.9 Å². The number of amides is 1. The van der Waals surface area contributed by atoms with Gasteiger partial charge in [0.25, 0.3) is 5.91 Å². The van der Waals surface area contributed by atoms with Crippen molar-refractivity contribution in [2.75, 3.05) is 11.1 Å². The van der Waals surface area contributed by atoms with Crippen LogP contribution in [0.5, 0.6) is 0 Å². The van der Waals surface area contributed by atoms with Crippen LogP contribution in [0.3, 0.4) is 0 Å². The van der Waals surface area contributed by atoms with E-state index in [-0.39, 0.29) is 11.9 Å². The molecule has 0 spiro atoms. The summed E-state index contributed by atoms with van der Waals surface area (Å²) in [6.45, 7) is 2.13. The van der Waals surface area contributed by atoms with Crippen LogP contribution in [0, 0.1) is 0 Å². The van der Waals surface area contributed by atoms with Crippen LogP contribution in [0.4, 0.5) is 6.01 Å². The summed E-state index contributed by atoms with van der Waals surface area (Å²) in [5, 5.41) is 10.5. The minimum Gasteiger partial charge on any atom is -0.407 e. The summed E-state index contributed by atoms with van der Waals surface area (Å²) in [7, 11) is 0. The number of nitrogens with one attached hydrogen (secondary N) is 1. The topological polar surface area (TPSA) is 68.0 Å². The largest absolute Gasteiger partial charge is 0.407 e. The van der Waals surface area contributed by atoms with Gasteiger partial charge >= 0.3 is 6.01 Å². The molecule has 0 aliphatic carbocycles. The second-order valence-electron chi connectivity index (χ2n) is 4.81. The number of aromatic nitrogens is 2. The van der Waals surface area contributed by atoms with Gasteiger partial charge in [-0.05, 0) is 51.5 Å². The first-order valence-electron chi connectivity index (χ1n) is 7.25.